The minimum Gasteiger partial charge on any atom is -0.378 e. The number of hydrogen-bond acceptors (Lipinski definition) is 4. The van der Waals surface area contributed by atoms with Crippen molar-refractivity contribution in [2.24, 2.45) is 10.7 Å². The topological polar surface area (TPSA) is 76.9 Å². The minimum absolute atomic E-state index is 0.214. The van der Waals surface area contributed by atoms with E-state index in [1.807, 2.05) is 54.3 Å². The summed E-state index contributed by atoms with van der Waals surface area (Å²) in [4.78, 5) is 6.45. The van der Waals surface area contributed by atoms with Crippen LogP contribution < -0.4 is 5.73 Å². The maximum Gasteiger partial charge on any atom is 0.191 e. The van der Waals surface area contributed by atoms with E-state index in [9.17, 15) is 4.39 Å². The predicted molar refractivity (Wildman–Crippen MR) is 118 cm³/mol. The van der Waals surface area contributed by atoms with E-state index in [2.05, 4.69) is 10.1 Å². The summed E-state index contributed by atoms with van der Waals surface area (Å²) in [6.07, 6.45) is 1.35. The summed E-state index contributed by atoms with van der Waals surface area (Å²) in [6, 6.07) is 15.0. The monoisotopic (exact) mass is 422 g/mol. The fraction of sp³-hybridized carbons (Fsp3) is 0.333. The largest absolute Gasteiger partial charge is 0.378 e. The van der Waals surface area contributed by atoms with Crippen molar-refractivity contribution < 1.29 is 13.7 Å². The Morgan fingerprint density at radius 2 is 1.90 bits per heavy atom. The van der Waals surface area contributed by atoms with Gasteiger partial charge in [-0.15, -0.1) is 0 Å². The number of nitrogens with two attached hydrogens (primary N) is 1. The lowest BCUT2D eigenvalue weighted by Gasteiger charge is -2.27. The van der Waals surface area contributed by atoms with Crippen LogP contribution in [0.2, 0.25) is 0 Å². The second kappa shape index (κ2) is 9.75. The summed E-state index contributed by atoms with van der Waals surface area (Å²) < 4.78 is 25.4. The van der Waals surface area contributed by atoms with Crippen LogP contribution >= 0.6 is 0 Å². The molecular weight excluding hydrogens is 395 g/mol. The fourth-order valence-corrected chi connectivity index (χ4v) is 3.66. The molecule has 6 nitrogen and oxygen atoms in total. The Morgan fingerprint density at radius 1 is 1.13 bits per heavy atom. The third kappa shape index (κ3) is 5.11. The highest BCUT2D eigenvalue weighted by molar-refractivity contribution is 5.78. The smallest absolute Gasteiger partial charge is 0.191 e. The number of halogens is 1. The minimum atomic E-state index is -0.214. The van der Waals surface area contributed by atoms with Crippen molar-refractivity contribution in [2.45, 2.75) is 26.3 Å². The number of benzene rings is 2. The van der Waals surface area contributed by atoms with Gasteiger partial charge in [-0.3, -0.25) is 0 Å². The van der Waals surface area contributed by atoms with Gasteiger partial charge in [0.15, 0.2) is 11.7 Å². The Bertz CT molecular complexity index is 1040. The van der Waals surface area contributed by atoms with Crippen LogP contribution in [0.1, 0.15) is 22.6 Å². The molecule has 0 unspecified atom stereocenters. The van der Waals surface area contributed by atoms with E-state index in [1.54, 1.807) is 6.07 Å². The molecular formula is C24H27FN4O2. The maximum atomic E-state index is 14.6. The number of hydrogen-bond donors (Lipinski definition) is 1. The second-order valence-corrected chi connectivity index (χ2v) is 7.63. The number of aromatic nitrogens is 1. The van der Waals surface area contributed by atoms with Crippen LogP contribution in [0.25, 0.3) is 11.1 Å². The van der Waals surface area contributed by atoms with Gasteiger partial charge in [0.2, 0.25) is 0 Å². The third-order valence-corrected chi connectivity index (χ3v) is 5.61. The van der Waals surface area contributed by atoms with Crippen LogP contribution in [0.4, 0.5) is 4.39 Å². The van der Waals surface area contributed by atoms with Gasteiger partial charge in [0.25, 0.3) is 0 Å². The van der Waals surface area contributed by atoms with E-state index in [1.165, 1.54) is 0 Å². The lowest BCUT2D eigenvalue weighted by atomic mass is 10.00. The Morgan fingerprint density at radius 3 is 2.65 bits per heavy atom. The summed E-state index contributed by atoms with van der Waals surface area (Å²) in [6.45, 7) is 5.14. The molecule has 0 spiro atoms. The molecule has 3 aromatic rings. The first-order valence-electron chi connectivity index (χ1n) is 10.5. The van der Waals surface area contributed by atoms with E-state index in [0.29, 0.717) is 49.9 Å². The van der Waals surface area contributed by atoms with Crippen LogP contribution in [-0.4, -0.2) is 42.3 Å². The van der Waals surface area contributed by atoms with Crippen molar-refractivity contribution in [3.05, 3.63) is 76.9 Å². The third-order valence-electron chi connectivity index (χ3n) is 5.61. The number of morpholine rings is 1. The molecule has 7 heteroatoms. The molecule has 0 aliphatic carbocycles. The first-order chi connectivity index (χ1) is 15.1. The van der Waals surface area contributed by atoms with Gasteiger partial charge in [-0.05, 0) is 37.0 Å². The SMILES string of the molecule is Cc1c(CCc2ccc(-c3ccccc3)c(F)c2)noc1CN=C(N)N1CCOCC1. The molecule has 1 aliphatic rings. The molecule has 2 aromatic carbocycles. The average Bonchev–Trinajstić information content (AvgIpc) is 3.16. The predicted octanol–water partition coefficient (Wildman–Crippen LogP) is 3.72. The van der Waals surface area contributed by atoms with Crippen molar-refractivity contribution in [3.63, 3.8) is 0 Å². The summed E-state index contributed by atoms with van der Waals surface area (Å²) in [5, 5.41) is 4.20. The van der Waals surface area contributed by atoms with Gasteiger partial charge in [0, 0.05) is 24.2 Å². The molecule has 1 fully saturated rings. The standard InChI is InChI=1S/C24H27FN4O2/c1-17-22(28-31-23(17)16-27-24(26)29-11-13-30-14-12-29)10-8-18-7-9-20(21(25)15-18)19-5-3-2-4-6-19/h2-7,9,15H,8,10-14,16H2,1H3,(H2,26,27). The van der Waals surface area contributed by atoms with Crippen molar-refractivity contribution in [2.75, 3.05) is 26.3 Å². The lowest BCUT2D eigenvalue weighted by molar-refractivity contribution is 0.0674. The van der Waals surface area contributed by atoms with Crippen molar-refractivity contribution >= 4 is 5.96 Å². The molecule has 0 atom stereocenters. The zero-order chi connectivity index (χ0) is 21.6. The van der Waals surface area contributed by atoms with Gasteiger partial charge >= 0.3 is 0 Å². The fourth-order valence-electron chi connectivity index (χ4n) is 3.66. The summed E-state index contributed by atoms with van der Waals surface area (Å²) in [5.74, 6) is 0.987. The van der Waals surface area contributed by atoms with Gasteiger partial charge in [-0.25, -0.2) is 9.38 Å². The molecule has 0 radical (unpaired) electrons. The van der Waals surface area contributed by atoms with Crippen LogP contribution in [0, 0.1) is 12.7 Å². The number of nitrogens with zero attached hydrogens (tertiary/aromatic N) is 3. The van der Waals surface area contributed by atoms with E-state index >= 15 is 0 Å². The lowest BCUT2D eigenvalue weighted by Crippen LogP contribution is -2.44. The van der Waals surface area contributed by atoms with E-state index in [4.69, 9.17) is 15.0 Å². The molecule has 1 saturated heterocycles. The molecule has 31 heavy (non-hydrogen) atoms. The van der Waals surface area contributed by atoms with Gasteiger partial charge in [-0.1, -0.05) is 47.6 Å². The molecule has 1 aromatic heterocycles. The Kier molecular flexibility index (Phi) is 6.62. The zero-order valence-corrected chi connectivity index (χ0v) is 17.7. The molecule has 4 rings (SSSR count). The number of aryl methyl sites for hydroxylation is 2. The number of rotatable bonds is 6. The van der Waals surface area contributed by atoms with Crippen LogP contribution in [-0.2, 0) is 24.1 Å². The quantitative estimate of drug-likeness (QED) is 0.484. The molecule has 0 saturated carbocycles. The zero-order valence-electron chi connectivity index (χ0n) is 17.7. The Balaban J connectivity index is 1.37. The van der Waals surface area contributed by atoms with Crippen LogP contribution in [0.5, 0.6) is 0 Å². The highest BCUT2D eigenvalue weighted by Crippen LogP contribution is 2.24. The molecule has 0 amide bonds. The highest BCUT2D eigenvalue weighted by Gasteiger charge is 2.15. The van der Waals surface area contributed by atoms with E-state index < -0.39 is 0 Å². The summed E-state index contributed by atoms with van der Waals surface area (Å²) in [7, 11) is 0. The molecule has 2 N–H and O–H groups in total. The molecule has 1 aliphatic heterocycles. The molecule has 162 valence electrons. The maximum absolute atomic E-state index is 14.6. The highest BCUT2D eigenvalue weighted by atomic mass is 19.1. The first kappa shape index (κ1) is 21.1. The summed E-state index contributed by atoms with van der Waals surface area (Å²) in [5.41, 5.74) is 10.3. The van der Waals surface area contributed by atoms with Gasteiger partial charge in [0.05, 0.1) is 18.9 Å². The number of ether oxygens (including phenoxy) is 1. The molecule has 0 bridgehead atoms. The van der Waals surface area contributed by atoms with Gasteiger partial charge in [0.1, 0.15) is 12.4 Å². The summed E-state index contributed by atoms with van der Waals surface area (Å²) >= 11 is 0. The van der Waals surface area contributed by atoms with Crippen molar-refractivity contribution in [3.8, 4) is 11.1 Å². The van der Waals surface area contributed by atoms with Crippen molar-refractivity contribution in [1.82, 2.24) is 10.1 Å². The van der Waals surface area contributed by atoms with Crippen LogP contribution in [0.3, 0.4) is 0 Å². The number of guanidine groups is 1. The number of aliphatic imine (C=N–C) groups is 1. The van der Waals surface area contributed by atoms with E-state index in [0.717, 1.165) is 35.5 Å². The van der Waals surface area contributed by atoms with Gasteiger partial charge in [-0.2, -0.15) is 0 Å². The second-order valence-electron chi connectivity index (χ2n) is 7.63. The van der Waals surface area contributed by atoms with E-state index in [-0.39, 0.29) is 5.82 Å². The Hall–Kier alpha value is -3.19. The Labute approximate surface area is 181 Å². The van der Waals surface area contributed by atoms with Crippen LogP contribution in [0.15, 0.2) is 58.0 Å². The average molecular weight is 423 g/mol. The van der Waals surface area contributed by atoms with Crippen molar-refractivity contribution in [1.29, 1.82) is 0 Å². The van der Waals surface area contributed by atoms with Gasteiger partial charge < -0.3 is 19.9 Å². The molecule has 2 heterocycles. The normalized spacial score (nSPS) is 14.8. The first-order valence-corrected chi connectivity index (χ1v) is 10.5.